The lowest BCUT2D eigenvalue weighted by molar-refractivity contribution is -0.140. The molecule has 2 rings (SSSR count). The number of thioether (sulfide) groups is 1. The maximum Gasteiger partial charge on any atom is 0.354 e. The van der Waals surface area contributed by atoms with Crippen molar-refractivity contribution < 1.29 is 24.2 Å². The van der Waals surface area contributed by atoms with Gasteiger partial charge in [0.25, 0.3) is 0 Å². The molecule has 2 aromatic heterocycles. The van der Waals surface area contributed by atoms with Gasteiger partial charge in [-0.3, -0.25) is 9.59 Å². The first-order chi connectivity index (χ1) is 12.8. The van der Waals surface area contributed by atoms with Gasteiger partial charge in [0.2, 0.25) is 5.91 Å². The van der Waals surface area contributed by atoms with Crippen molar-refractivity contribution in [1.82, 2.24) is 14.5 Å². The minimum Gasteiger partial charge on any atom is -0.477 e. The number of aromatic carboxylic acids is 1. The second-order valence-corrected chi connectivity index (χ2v) is 6.23. The molecule has 0 spiro atoms. The summed E-state index contributed by atoms with van der Waals surface area (Å²) in [6, 6.07) is 0. The van der Waals surface area contributed by atoms with Gasteiger partial charge in [-0.15, -0.1) is 11.6 Å². The molecule has 0 saturated carbocycles. The summed E-state index contributed by atoms with van der Waals surface area (Å²) in [7, 11) is 1.51. The van der Waals surface area contributed by atoms with Crippen molar-refractivity contribution in [2.75, 3.05) is 35.9 Å². The monoisotopic (exact) mass is 415 g/mol. The number of nitrogens with one attached hydrogen (secondary N) is 2. The lowest BCUT2D eigenvalue weighted by Crippen LogP contribution is -2.18. The third-order valence-corrected chi connectivity index (χ3v) is 4.28. The molecule has 0 radical (unpaired) electrons. The van der Waals surface area contributed by atoms with Crippen molar-refractivity contribution in [2.45, 2.75) is 12.1 Å². The van der Waals surface area contributed by atoms with E-state index < -0.39 is 17.8 Å². The maximum absolute atomic E-state index is 11.8. The molecule has 0 aliphatic carbocycles. The summed E-state index contributed by atoms with van der Waals surface area (Å²) < 4.78 is 6.21. The van der Waals surface area contributed by atoms with Crippen molar-refractivity contribution in [1.29, 1.82) is 0 Å². The smallest absolute Gasteiger partial charge is 0.354 e. The summed E-state index contributed by atoms with van der Waals surface area (Å²) in [6.45, 7) is 1.72. The zero-order valence-electron chi connectivity index (χ0n) is 14.8. The standard InChI is InChI=1S/C15H18ClN5O5S/c1-4-26-8(23)6-17-12-9-10(18-7(22)5-16)11(14(24)25)21(2)13(9)20-15(19-12)27-3/h4-6H2,1-3H3,(H,18,22)(H,24,25)(H,17,19,20). The van der Waals surface area contributed by atoms with E-state index in [-0.39, 0.29) is 47.3 Å². The van der Waals surface area contributed by atoms with Crippen LogP contribution in [0.4, 0.5) is 11.5 Å². The molecule has 12 heteroatoms. The summed E-state index contributed by atoms with van der Waals surface area (Å²) in [6.07, 6.45) is 1.76. The number of carbonyl (C=O) groups is 3. The molecule has 0 aliphatic heterocycles. The van der Waals surface area contributed by atoms with Crippen molar-refractivity contribution >= 4 is 63.7 Å². The Morgan fingerprint density at radius 1 is 1.33 bits per heavy atom. The second-order valence-electron chi connectivity index (χ2n) is 5.19. The van der Waals surface area contributed by atoms with Crippen LogP contribution in [0.1, 0.15) is 17.4 Å². The second kappa shape index (κ2) is 8.91. The zero-order valence-corrected chi connectivity index (χ0v) is 16.4. The Bertz CT molecular complexity index is 901. The van der Waals surface area contributed by atoms with Crippen molar-refractivity contribution in [3.63, 3.8) is 0 Å². The average molecular weight is 416 g/mol. The normalized spacial score (nSPS) is 10.7. The Labute approximate surface area is 163 Å². The van der Waals surface area contributed by atoms with E-state index in [2.05, 4.69) is 20.6 Å². The number of anilines is 2. The van der Waals surface area contributed by atoms with Crippen LogP contribution in [-0.4, -0.2) is 62.8 Å². The Morgan fingerprint density at radius 2 is 2.04 bits per heavy atom. The summed E-state index contributed by atoms with van der Waals surface area (Å²) >= 11 is 6.78. The summed E-state index contributed by atoms with van der Waals surface area (Å²) in [5, 5.41) is 15.5. The van der Waals surface area contributed by atoms with E-state index in [1.54, 1.807) is 13.2 Å². The number of aryl methyl sites for hydroxylation is 1. The van der Waals surface area contributed by atoms with Gasteiger partial charge in [0.05, 0.1) is 17.7 Å². The van der Waals surface area contributed by atoms with E-state index in [1.165, 1.54) is 23.4 Å². The van der Waals surface area contributed by atoms with Crippen LogP contribution < -0.4 is 10.6 Å². The largest absolute Gasteiger partial charge is 0.477 e. The predicted octanol–water partition coefficient (Wildman–Crippen LogP) is 1.54. The number of carboxylic acid groups (broad SMARTS) is 1. The Balaban J connectivity index is 2.68. The molecular weight excluding hydrogens is 398 g/mol. The van der Waals surface area contributed by atoms with Gasteiger partial charge in [-0.25, -0.2) is 14.8 Å². The summed E-state index contributed by atoms with van der Waals surface area (Å²) in [5.74, 6) is -2.51. The number of alkyl halides is 1. The van der Waals surface area contributed by atoms with Gasteiger partial charge in [-0.05, 0) is 13.2 Å². The highest BCUT2D eigenvalue weighted by molar-refractivity contribution is 7.98. The van der Waals surface area contributed by atoms with Crippen LogP contribution in [0.15, 0.2) is 5.16 Å². The van der Waals surface area contributed by atoms with Crippen LogP contribution in [0.5, 0.6) is 0 Å². The third kappa shape index (κ3) is 4.42. The number of aromatic nitrogens is 3. The number of esters is 1. The molecule has 0 unspecified atom stereocenters. The maximum atomic E-state index is 11.8. The number of carbonyl (C=O) groups excluding carboxylic acids is 2. The van der Waals surface area contributed by atoms with Crippen LogP contribution in [0, 0.1) is 0 Å². The number of hydrogen-bond acceptors (Lipinski definition) is 8. The van der Waals surface area contributed by atoms with E-state index in [4.69, 9.17) is 16.3 Å². The van der Waals surface area contributed by atoms with Gasteiger partial charge in [-0.2, -0.15) is 0 Å². The van der Waals surface area contributed by atoms with Gasteiger partial charge < -0.3 is 25.0 Å². The molecule has 0 aliphatic rings. The van der Waals surface area contributed by atoms with Gasteiger partial charge >= 0.3 is 11.9 Å². The minimum atomic E-state index is -1.26. The molecule has 0 fully saturated rings. The van der Waals surface area contributed by atoms with Gasteiger partial charge in [-0.1, -0.05) is 11.8 Å². The fraction of sp³-hybridized carbons (Fsp3) is 0.400. The number of hydrogen-bond donors (Lipinski definition) is 3. The molecule has 146 valence electrons. The molecule has 27 heavy (non-hydrogen) atoms. The van der Waals surface area contributed by atoms with Crippen LogP contribution in [0.3, 0.4) is 0 Å². The van der Waals surface area contributed by atoms with Crippen molar-refractivity contribution in [2.24, 2.45) is 7.05 Å². The van der Waals surface area contributed by atoms with Crippen molar-refractivity contribution in [3.05, 3.63) is 5.69 Å². The number of nitrogens with zero attached hydrogens (tertiary/aromatic N) is 3. The minimum absolute atomic E-state index is 0.00432. The third-order valence-electron chi connectivity index (χ3n) is 3.49. The first-order valence-electron chi connectivity index (χ1n) is 7.77. The van der Waals surface area contributed by atoms with Crippen molar-refractivity contribution in [3.8, 4) is 0 Å². The van der Waals surface area contributed by atoms with Crippen LogP contribution >= 0.6 is 23.4 Å². The molecule has 3 N–H and O–H groups in total. The highest BCUT2D eigenvalue weighted by atomic mass is 35.5. The number of ether oxygens (including phenoxy) is 1. The number of fused-ring (bicyclic) bond motifs is 1. The van der Waals surface area contributed by atoms with E-state index in [0.29, 0.717) is 5.16 Å². The summed E-state index contributed by atoms with van der Waals surface area (Å²) in [5.41, 5.74) is 0.0999. The Kier molecular flexibility index (Phi) is 6.86. The van der Waals surface area contributed by atoms with E-state index in [0.717, 1.165) is 0 Å². The topological polar surface area (TPSA) is 135 Å². The SMILES string of the molecule is CCOC(=O)CNc1nc(SC)nc2c1c(NC(=O)CCl)c(C(=O)O)n2C. The summed E-state index contributed by atoms with van der Waals surface area (Å²) in [4.78, 5) is 43.9. The average Bonchev–Trinajstić information content (AvgIpc) is 2.91. The quantitative estimate of drug-likeness (QED) is 0.254. The number of carboxylic acids is 1. The Hall–Kier alpha value is -2.53. The van der Waals surface area contributed by atoms with Gasteiger partial charge in [0.15, 0.2) is 10.9 Å². The van der Waals surface area contributed by atoms with Crippen LogP contribution in [0.2, 0.25) is 0 Å². The highest BCUT2D eigenvalue weighted by Crippen LogP contribution is 2.35. The molecule has 1 amide bonds. The fourth-order valence-electron chi connectivity index (χ4n) is 2.43. The number of halogens is 1. The fourth-order valence-corrected chi connectivity index (χ4v) is 2.85. The molecule has 10 nitrogen and oxygen atoms in total. The molecule has 0 bridgehead atoms. The number of rotatable bonds is 8. The van der Waals surface area contributed by atoms with Gasteiger partial charge in [0, 0.05) is 7.05 Å². The number of amides is 1. The highest BCUT2D eigenvalue weighted by Gasteiger charge is 2.26. The van der Waals surface area contributed by atoms with Crippen LogP contribution in [-0.2, 0) is 21.4 Å². The zero-order chi connectivity index (χ0) is 20.1. The molecular formula is C15H18ClN5O5S. The first-order valence-corrected chi connectivity index (χ1v) is 9.52. The molecule has 2 aromatic rings. The first kappa shape index (κ1) is 20.8. The van der Waals surface area contributed by atoms with E-state index >= 15 is 0 Å². The van der Waals surface area contributed by atoms with E-state index in [1.807, 2.05) is 0 Å². The van der Waals surface area contributed by atoms with Gasteiger partial charge in [0.1, 0.15) is 23.9 Å². The molecule has 0 aromatic carbocycles. The molecule has 0 atom stereocenters. The van der Waals surface area contributed by atoms with Crippen LogP contribution in [0.25, 0.3) is 11.0 Å². The van der Waals surface area contributed by atoms with E-state index in [9.17, 15) is 19.5 Å². The molecule has 2 heterocycles. The Morgan fingerprint density at radius 3 is 2.59 bits per heavy atom. The lowest BCUT2D eigenvalue weighted by Gasteiger charge is -2.10. The molecule has 0 saturated heterocycles. The lowest BCUT2D eigenvalue weighted by atomic mass is 10.2. The predicted molar refractivity (Wildman–Crippen MR) is 102 cm³/mol.